The van der Waals surface area contributed by atoms with Gasteiger partial charge in [0.15, 0.2) is 10.8 Å². The molecule has 2 aromatic rings. The van der Waals surface area contributed by atoms with E-state index >= 15 is 0 Å². The lowest BCUT2D eigenvalue weighted by Gasteiger charge is -2.26. The van der Waals surface area contributed by atoms with Gasteiger partial charge in [-0.2, -0.15) is 4.31 Å². The molecule has 2 rings (SSSR count). The van der Waals surface area contributed by atoms with E-state index < -0.39 is 10.0 Å². The molecule has 0 amide bonds. The van der Waals surface area contributed by atoms with Crippen molar-refractivity contribution >= 4 is 21.5 Å². The quantitative estimate of drug-likeness (QED) is 0.888. The van der Waals surface area contributed by atoms with Crippen LogP contribution in [0.2, 0.25) is 0 Å². The summed E-state index contributed by atoms with van der Waals surface area (Å²) in [6.45, 7) is 6.19. The van der Waals surface area contributed by atoms with Crippen molar-refractivity contribution in [3.63, 3.8) is 0 Å². The van der Waals surface area contributed by atoms with Gasteiger partial charge in [-0.25, -0.2) is 13.4 Å². The van der Waals surface area contributed by atoms with Gasteiger partial charge in [-0.05, 0) is 25.5 Å². The summed E-state index contributed by atoms with van der Waals surface area (Å²) in [4.78, 5) is 4.35. The van der Waals surface area contributed by atoms with Gasteiger partial charge in [-0.1, -0.05) is 19.9 Å². The summed E-state index contributed by atoms with van der Waals surface area (Å²) >= 11 is 0. The van der Waals surface area contributed by atoms with Crippen molar-refractivity contribution in [2.45, 2.75) is 38.3 Å². The summed E-state index contributed by atoms with van der Waals surface area (Å²) in [7, 11) is -1.94. The van der Waals surface area contributed by atoms with Gasteiger partial charge in [0.05, 0.1) is 0 Å². The van der Waals surface area contributed by atoms with Crippen molar-refractivity contribution in [1.82, 2.24) is 13.7 Å². The van der Waals surface area contributed by atoms with E-state index in [1.54, 1.807) is 29.8 Å². The topological polar surface area (TPSA) is 66.7 Å². The van der Waals surface area contributed by atoms with Crippen LogP contribution in [0.15, 0.2) is 29.4 Å². The van der Waals surface area contributed by atoms with E-state index in [2.05, 4.69) is 10.3 Å². The molecule has 0 aliphatic rings. The highest BCUT2D eigenvalue weighted by molar-refractivity contribution is 7.89. The van der Waals surface area contributed by atoms with Crippen molar-refractivity contribution in [2.24, 2.45) is 0 Å². The molecule has 0 bridgehead atoms. The van der Waals surface area contributed by atoms with E-state index in [0.29, 0.717) is 18.0 Å². The predicted octanol–water partition coefficient (Wildman–Crippen LogP) is 2.19. The number of hydrogen-bond acceptors (Lipinski definition) is 4. The van der Waals surface area contributed by atoms with Gasteiger partial charge in [-0.15, -0.1) is 0 Å². The molecule has 1 atom stereocenters. The Labute approximate surface area is 125 Å². The molecule has 1 N–H and O–H groups in total. The van der Waals surface area contributed by atoms with Gasteiger partial charge in [-0.3, -0.25) is 4.40 Å². The van der Waals surface area contributed by atoms with E-state index in [9.17, 15) is 8.42 Å². The zero-order valence-corrected chi connectivity index (χ0v) is 13.7. The summed E-state index contributed by atoms with van der Waals surface area (Å²) in [5, 5.41) is 3.09. The monoisotopic (exact) mass is 310 g/mol. The second-order valence-corrected chi connectivity index (χ2v) is 6.72. The summed E-state index contributed by atoms with van der Waals surface area (Å²) in [5.41, 5.74) is 0.612. The van der Waals surface area contributed by atoms with E-state index in [4.69, 9.17) is 0 Å². The molecule has 0 saturated carbocycles. The molecule has 2 heterocycles. The minimum Gasteiger partial charge on any atom is -0.371 e. The fraction of sp³-hybridized carbons (Fsp3) is 0.500. The fourth-order valence-electron chi connectivity index (χ4n) is 2.42. The molecule has 0 aliphatic carbocycles. The molecule has 0 saturated heterocycles. The van der Waals surface area contributed by atoms with Crippen LogP contribution in [0, 0.1) is 0 Å². The summed E-state index contributed by atoms with van der Waals surface area (Å²) in [5.74, 6) is 0.378. The average Bonchev–Trinajstić information content (AvgIpc) is 2.86. The number of sulfonamides is 1. The number of aromatic nitrogens is 2. The largest absolute Gasteiger partial charge is 0.371 e. The van der Waals surface area contributed by atoms with Crippen LogP contribution in [-0.2, 0) is 10.0 Å². The maximum atomic E-state index is 13.0. The number of nitrogens with zero attached hydrogens (tertiary/aromatic N) is 3. The number of rotatable bonds is 6. The highest BCUT2D eigenvalue weighted by Crippen LogP contribution is 2.27. The Balaban J connectivity index is 2.69. The molecule has 116 valence electrons. The van der Waals surface area contributed by atoms with Crippen LogP contribution < -0.4 is 5.32 Å². The summed E-state index contributed by atoms with van der Waals surface area (Å²) in [6.07, 6.45) is 2.49. The first-order valence-electron chi connectivity index (χ1n) is 7.14. The van der Waals surface area contributed by atoms with Gasteiger partial charge in [0.25, 0.3) is 10.0 Å². The first-order valence-corrected chi connectivity index (χ1v) is 8.58. The summed E-state index contributed by atoms with van der Waals surface area (Å²) in [6, 6.07) is 5.37. The second kappa shape index (κ2) is 6.03. The van der Waals surface area contributed by atoms with E-state index in [-0.39, 0.29) is 11.1 Å². The van der Waals surface area contributed by atoms with Crippen LogP contribution >= 0.6 is 0 Å². The Morgan fingerprint density at radius 1 is 1.38 bits per heavy atom. The third-order valence-corrected chi connectivity index (χ3v) is 5.78. The van der Waals surface area contributed by atoms with Crippen molar-refractivity contribution in [3.8, 4) is 0 Å². The number of hydrogen-bond donors (Lipinski definition) is 1. The minimum absolute atomic E-state index is 0.0565. The van der Waals surface area contributed by atoms with Gasteiger partial charge in [0, 0.05) is 25.8 Å². The smallest absolute Gasteiger partial charge is 0.263 e. The molecule has 7 heteroatoms. The lowest BCUT2D eigenvalue weighted by atomic mass is 10.3. The van der Waals surface area contributed by atoms with Crippen molar-refractivity contribution in [2.75, 3.05) is 18.9 Å². The van der Waals surface area contributed by atoms with Crippen LogP contribution in [0.5, 0.6) is 0 Å². The van der Waals surface area contributed by atoms with E-state index in [1.807, 2.05) is 26.8 Å². The van der Waals surface area contributed by atoms with Gasteiger partial charge in [0.1, 0.15) is 5.65 Å². The normalized spacial score (nSPS) is 13.8. The fourth-order valence-corrected chi connectivity index (χ4v) is 4.40. The highest BCUT2D eigenvalue weighted by atomic mass is 32.2. The molecule has 0 fully saturated rings. The van der Waals surface area contributed by atoms with E-state index in [0.717, 1.165) is 6.42 Å². The highest BCUT2D eigenvalue weighted by Gasteiger charge is 2.32. The Morgan fingerprint density at radius 2 is 2.10 bits per heavy atom. The van der Waals surface area contributed by atoms with Crippen LogP contribution in [0.25, 0.3) is 5.65 Å². The molecule has 6 nitrogen and oxygen atoms in total. The first-order chi connectivity index (χ1) is 9.97. The lowest BCUT2D eigenvalue weighted by molar-refractivity contribution is 0.341. The maximum absolute atomic E-state index is 13.0. The van der Waals surface area contributed by atoms with Gasteiger partial charge in [0.2, 0.25) is 0 Å². The predicted molar refractivity (Wildman–Crippen MR) is 84.1 cm³/mol. The van der Waals surface area contributed by atoms with Crippen LogP contribution in [0.3, 0.4) is 0 Å². The second-order valence-electron chi connectivity index (χ2n) is 4.91. The SMILES string of the molecule is CCC(C)N(CC)S(=O)(=O)c1c(NC)nc2ccccn12. The maximum Gasteiger partial charge on any atom is 0.263 e. The Kier molecular flexibility index (Phi) is 4.53. The molecule has 0 spiro atoms. The number of nitrogens with one attached hydrogen (secondary N) is 1. The molecular formula is C14H22N4O2S. The Bertz CT molecular complexity index is 724. The van der Waals surface area contributed by atoms with Crippen LogP contribution in [0.1, 0.15) is 27.2 Å². The zero-order chi connectivity index (χ0) is 15.6. The summed E-state index contributed by atoms with van der Waals surface area (Å²) < 4.78 is 29.2. The van der Waals surface area contributed by atoms with Crippen molar-refractivity contribution in [3.05, 3.63) is 24.4 Å². The Hall–Kier alpha value is -1.60. The number of imidazole rings is 1. The lowest BCUT2D eigenvalue weighted by Crippen LogP contribution is -2.38. The zero-order valence-electron chi connectivity index (χ0n) is 12.9. The number of anilines is 1. The van der Waals surface area contributed by atoms with E-state index in [1.165, 1.54) is 4.31 Å². The molecule has 0 radical (unpaired) electrons. The third-order valence-electron chi connectivity index (χ3n) is 3.67. The third kappa shape index (κ3) is 2.63. The van der Waals surface area contributed by atoms with Crippen LogP contribution in [-0.4, -0.2) is 41.7 Å². The van der Waals surface area contributed by atoms with Gasteiger partial charge >= 0.3 is 0 Å². The van der Waals surface area contributed by atoms with Crippen molar-refractivity contribution < 1.29 is 8.42 Å². The molecule has 0 aromatic carbocycles. The first kappa shape index (κ1) is 15.8. The molecule has 1 unspecified atom stereocenters. The molecular weight excluding hydrogens is 288 g/mol. The van der Waals surface area contributed by atoms with Crippen LogP contribution in [0.4, 0.5) is 5.82 Å². The average molecular weight is 310 g/mol. The standard InChI is InChI=1S/C14H22N4O2S/c1-5-11(3)18(6-2)21(19,20)14-13(15-4)16-12-9-7-8-10-17(12)14/h7-11,15H,5-6H2,1-4H3. The minimum atomic E-state index is -3.62. The molecule has 0 aliphatic heterocycles. The Morgan fingerprint density at radius 3 is 2.67 bits per heavy atom. The molecule has 2 aromatic heterocycles. The van der Waals surface area contributed by atoms with Gasteiger partial charge < -0.3 is 5.32 Å². The number of fused-ring (bicyclic) bond motifs is 1. The molecule has 21 heavy (non-hydrogen) atoms. The number of pyridine rings is 1. The van der Waals surface area contributed by atoms with Crippen molar-refractivity contribution in [1.29, 1.82) is 0 Å².